The van der Waals surface area contributed by atoms with Crippen LogP contribution < -0.4 is 22.3 Å². The molecule has 1 aromatic heterocycles. The zero-order valence-corrected chi connectivity index (χ0v) is 16.0. The minimum absolute atomic E-state index is 0.310. The molecule has 2 aromatic carbocycles. The van der Waals surface area contributed by atoms with Gasteiger partial charge >= 0.3 is 0 Å². The van der Waals surface area contributed by atoms with Gasteiger partial charge in [0.1, 0.15) is 0 Å². The van der Waals surface area contributed by atoms with Crippen molar-refractivity contribution in [1.82, 2.24) is 9.13 Å². The number of aromatic nitrogens is 2. The van der Waals surface area contributed by atoms with Gasteiger partial charge in [0.2, 0.25) is 5.36 Å². The molecule has 3 aromatic rings. The van der Waals surface area contributed by atoms with Crippen LogP contribution in [-0.4, -0.2) is 9.13 Å². The van der Waals surface area contributed by atoms with Crippen molar-refractivity contribution in [1.29, 1.82) is 0 Å². The van der Waals surface area contributed by atoms with E-state index in [1.165, 1.54) is 4.57 Å². The molecular formula is C20H21ClN4O2. The highest BCUT2D eigenvalue weighted by molar-refractivity contribution is 6.31. The molecule has 1 heterocycles. The lowest BCUT2D eigenvalue weighted by molar-refractivity contribution is 0.516. The van der Waals surface area contributed by atoms with Gasteiger partial charge < -0.3 is 10.4 Å². The molecule has 6 nitrogen and oxygen atoms in total. The molecule has 2 N–H and O–H groups in total. The summed E-state index contributed by atoms with van der Waals surface area (Å²) in [6.45, 7) is 4.59. The van der Waals surface area contributed by atoms with Crippen LogP contribution in [0.25, 0.3) is 16.7 Å². The van der Waals surface area contributed by atoms with E-state index in [0.29, 0.717) is 34.2 Å². The molecule has 0 unspecified atom stereocenters. The van der Waals surface area contributed by atoms with Crippen LogP contribution in [0.4, 0.5) is 0 Å². The monoisotopic (exact) mass is 384 g/mol. The average molecular weight is 385 g/mol. The predicted molar refractivity (Wildman–Crippen MR) is 108 cm³/mol. The van der Waals surface area contributed by atoms with E-state index in [9.17, 15) is 9.59 Å². The molecule has 0 aliphatic heterocycles. The van der Waals surface area contributed by atoms with E-state index in [4.69, 9.17) is 17.4 Å². The molecule has 0 spiro atoms. The van der Waals surface area contributed by atoms with Gasteiger partial charge in [0.25, 0.3) is 11.1 Å². The van der Waals surface area contributed by atoms with Crippen molar-refractivity contribution in [3.63, 3.8) is 0 Å². The average Bonchev–Trinajstić information content (AvgIpc) is 2.72. The number of benzene rings is 2. The fourth-order valence-corrected chi connectivity index (χ4v) is 3.17. The Labute approximate surface area is 161 Å². The van der Waals surface area contributed by atoms with Gasteiger partial charge in [-0.25, -0.2) is 0 Å². The molecule has 0 atom stereocenters. The van der Waals surface area contributed by atoms with Crippen LogP contribution in [-0.2, 0) is 6.54 Å². The standard InChI is InChI=1S/C20H21ClN4O2/c1-13(2)10-11-24-16-9-8-14(21)12-17(16)25(15-6-4-3-5-7-15)20(27)18(23-22)19(24)26/h3-9,12-13H,10-11,22H2,1-2H3. The summed E-state index contributed by atoms with van der Waals surface area (Å²) in [6.07, 6.45) is 0.769. The highest BCUT2D eigenvalue weighted by Gasteiger charge is 2.14. The lowest BCUT2D eigenvalue weighted by Crippen LogP contribution is -2.45. The second-order valence-corrected chi connectivity index (χ2v) is 7.16. The number of hydrogen-bond acceptors (Lipinski definition) is 4. The Hall–Kier alpha value is -2.86. The van der Waals surface area contributed by atoms with Crippen LogP contribution in [0.3, 0.4) is 0 Å². The van der Waals surface area contributed by atoms with Crippen molar-refractivity contribution in [2.75, 3.05) is 0 Å². The molecule has 27 heavy (non-hydrogen) atoms. The number of nitrogens with two attached hydrogens (primary N) is 1. The zero-order chi connectivity index (χ0) is 19.6. The van der Waals surface area contributed by atoms with E-state index in [0.717, 1.165) is 6.42 Å². The number of para-hydroxylation sites is 1. The van der Waals surface area contributed by atoms with E-state index in [1.54, 1.807) is 34.9 Å². The van der Waals surface area contributed by atoms with Crippen LogP contribution in [0.15, 0.2) is 63.2 Å². The van der Waals surface area contributed by atoms with Crippen LogP contribution in [0.1, 0.15) is 20.3 Å². The first-order valence-corrected chi connectivity index (χ1v) is 9.10. The first-order valence-electron chi connectivity index (χ1n) is 8.72. The zero-order valence-electron chi connectivity index (χ0n) is 15.2. The molecule has 0 fully saturated rings. The SMILES string of the molecule is CC(C)CCn1c(=O)c(=NN)c(=O)n(-c2ccccc2)c2cc(Cl)ccc21. The van der Waals surface area contributed by atoms with E-state index < -0.39 is 11.1 Å². The fourth-order valence-electron chi connectivity index (χ4n) is 3.00. The summed E-state index contributed by atoms with van der Waals surface area (Å²) in [5.74, 6) is 5.83. The summed E-state index contributed by atoms with van der Waals surface area (Å²) >= 11 is 6.22. The lowest BCUT2D eigenvalue weighted by atomic mass is 10.1. The molecule has 0 bridgehead atoms. The number of rotatable bonds is 4. The topological polar surface area (TPSA) is 82.4 Å². The summed E-state index contributed by atoms with van der Waals surface area (Å²) in [4.78, 5) is 26.2. The van der Waals surface area contributed by atoms with Crippen LogP contribution in [0, 0.1) is 5.92 Å². The molecular weight excluding hydrogens is 364 g/mol. The first kappa shape index (κ1) is 18.9. The summed E-state index contributed by atoms with van der Waals surface area (Å²) in [7, 11) is 0. The van der Waals surface area contributed by atoms with Gasteiger partial charge in [-0.2, -0.15) is 5.10 Å². The van der Waals surface area contributed by atoms with E-state index in [1.807, 2.05) is 18.2 Å². The lowest BCUT2D eigenvalue weighted by Gasteiger charge is -2.11. The van der Waals surface area contributed by atoms with E-state index in [-0.39, 0.29) is 5.36 Å². The van der Waals surface area contributed by atoms with Gasteiger partial charge in [0.05, 0.1) is 11.0 Å². The molecule has 0 amide bonds. The Morgan fingerprint density at radius 1 is 1.04 bits per heavy atom. The summed E-state index contributed by atoms with van der Waals surface area (Å²) in [5.41, 5.74) is 0.635. The molecule has 0 aliphatic rings. The molecule has 140 valence electrons. The van der Waals surface area contributed by atoms with Crippen molar-refractivity contribution in [2.45, 2.75) is 26.8 Å². The number of aryl methyl sites for hydroxylation is 1. The van der Waals surface area contributed by atoms with Crippen molar-refractivity contribution in [3.05, 3.63) is 79.6 Å². The predicted octanol–water partition coefficient (Wildman–Crippen LogP) is 2.63. The number of halogens is 1. The van der Waals surface area contributed by atoms with Crippen molar-refractivity contribution in [2.24, 2.45) is 16.9 Å². The Kier molecular flexibility index (Phi) is 5.46. The number of nitrogens with zero attached hydrogens (tertiary/aromatic N) is 3. The Morgan fingerprint density at radius 2 is 1.74 bits per heavy atom. The van der Waals surface area contributed by atoms with E-state index >= 15 is 0 Å². The van der Waals surface area contributed by atoms with Crippen molar-refractivity contribution in [3.8, 4) is 5.69 Å². The van der Waals surface area contributed by atoms with Gasteiger partial charge in [-0.1, -0.05) is 43.6 Å². The minimum atomic E-state index is -0.579. The third-order valence-electron chi connectivity index (χ3n) is 4.40. The Balaban J connectivity index is 2.57. The normalized spacial score (nSPS) is 12.1. The third-order valence-corrected chi connectivity index (χ3v) is 4.63. The number of hydrogen-bond donors (Lipinski definition) is 1. The molecule has 0 aliphatic carbocycles. The summed E-state index contributed by atoms with van der Waals surface area (Å²) in [6, 6.07) is 14.2. The second-order valence-electron chi connectivity index (χ2n) is 6.73. The maximum Gasteiger partial charge on any atom is 0.289 e. The van der Waals surface area contributed by atoms with Gasteiger partial charge in [-0.3, -0.25) is 14.2 Å². The second kappa shape index (κ2) is 7.80. The van der Waals surface area contributed by atoms with Gasteiger partial charge in [-0.05, 0) is 42.7 Å². The molecule has 7 heteroatoms. The molecule has 0 saturated heterocycles. The van der Waals surface area contributed by atoms with Gasteiger partial charge in [-0.15, -0.1) is 0 Å². The van der Waals surface area contributed by atoms with E-state index in [2.05, 4.69) is 18.9 Å². The maximum atomic E-state index is 13.2. The minimum Gasteiger partial charge on any atom is -0.322 e. The Bertz CT molecular complexity index is 1160. The highest BCUT2D eigenvalue weighted by atomic mass is 35.5. The third kappa shape index (κ3) is 3.66. The summed E-state index contributed by atoms with van der Waals surface area (Å²) in [5, 5.41) is 3.68. The highest BCUT2D eigenvalue weighted by Crippen LogP contribution is 2.20. The molecule has 0 saturated carbocycles. The Morgan fingerprint density at radius 3 is 2.37 bits per heavy atom. The largest absolute Gasteiger partial charge is 0.322 e. The maximum absolute atomic E-state index is 13.2. The fraction of sp³-hybridized carbons (Fsp3) is 0.250. The number of fused-ring (bicyclic) bond motifs is 1. The van der Waals surface area contributed by atoms with Gasteiger partial charge in [0, 0.05) is 17.3 Å². The van der Waals surface area contributed by atoms with Crippen LogP contribution in [0.5, 0.6) is 0 Å². The van der Waals surface area contributed by atoms with Gasteiger partial charge in [0.15, 0.2) is 0 Å². The smallest absolute Gasteiger partial charge is 0.289 e. The first-order chi connectivity index (χ1) is 12.9. The van der Waals surface area contributed by atoms with Crippen molar-refractivity contribution < 1.29 is 0 Å². The van der Waals surface area contributed by atoms with Crippen molar-refractivity contribution >= 4 is 22.6 Å². The summed E-state index contributed by atoms with van der Waals surface area (Å²) < 4.78 is 2.98. The molecule has 0 radical (unpaired) electrons. The van der Waals surface area contributed by atoms with Crippen LogP contribution in [0.2, 0.25) is 5.02 Å². The molecule has 3 rings (SSSR count). The van der Waals surface area contributed by atoms with Crippen LogP contribution >= 0.6 is 11.6 Å². The quantitative estimate of drug-likeness (QED) is 0.554.